The van der Waals surface area contributed by atoms with Crippen LogP contribution in [0.4, 0.5) is 0 Å². The van der Waals surface area contributed by atoms with Crippen LogP contribution in [0, 0.1) is 11.3 Å². The molecule has 1 atom stereocenters. The number of hydrogen-bond acceptors (Lipinski definition) is 4. The maximum absolute atomic E-state index is 13.7. The lowest BCUT2D eigenvalue weighted by Crippen LogP contribution is -2.50. The maximum Gasteiger partial charge on any atom is 0.228 e. The summed E-state index contributed by atoms with van der Waals surface area (Å²) in [6, 6.07) is 14.9. The molecule has 5 rings (SSSR count). The van der Waals surface area contributed by atoms with E-state index >= 15 is 0 Å². The quantitative estimate of drug-likeness (QED) is 0.563. The molecular formula is C28H36N4O2. The fraction of sp³-hybridized carbons (Fsp3) is 0.500. The Morgan fingerprint density at radius 3 is 2.74 bits per heavy atom. The van der Waals surface area contributed by atoms with E-state index < -0.39 is 0 Å². The summed E-state index contributed by atoms with van der Waals surface area (Å²) in [6.07, 6.45) is 9.78. The van der Waals surface area contributed by atoms with Gasteiger partial charge in [0, 0.05) is 49.6 Å². The molecule has 0 bridgehead atoms. The number of aromatic nitrogens is 2. The number of carbonyl (C=O) groups is 1. The van der Waals surface area contributed by atoms with Crippen LogP contribution in [0.3, 0.4) is 0 Å². The molecule has 2 aliphatic rings. The Labute approximate surface area is 202 Å². The van der Waals surface area contributed by atoms with E-state index in [0.29, 0.717) is 31.6 Å². The van der Waals surface area contributed by atoms with E-state index in [0.717, 1.165) is 57.5 Å². The summed E-state index contributed by atoms with van der Waals surface area (Å²) >= 11 is 0. The zero-order valence-electron chi connectivity index (χ0n) is 20.2. The van der Waals surface area contributed by atoms with Crippen LogP contribution in [0.15, 0.2) is 61.1 Å². The van der Waals surface area contributed by atoms with Crippen molar-refractivity contribution in [1.82, 2.24) is 19.2 Å². The van der Waals surface area contributed by atoms with E-state index in [4.69, 9.17) is 4.74 Å². The van der Waals surface area contributed by atoms with Gasteiger partial charge < -0.3 is 18.9 Å². The lowest BCUT2D eigenvalue weighted by molar-refractivity contribution is -0.144. The summed E-state index contributed by atoms with van der Waals surface area (Å²) in [5, 5.41) is 0. The molecule has 0 spiro atoms. The minimum atomic E-state index is -0.270. The minimum absolute atomic E-state index is 0.270. The second-order valence-electron chi connectivity index (χ2n) is 10.3. The van der Waals surface area contributed by atoms with Crippen LogP contribution in [0.1, 0.15) is 30.9 Å². The Morgan fingerprint density at radius 1 is 1.09 bits per heavy atom. The highest BCUT2D eigenvalue weighted by Crippen LogP contribution is 2.34. The van der Waals surface area contributed by atoms with Gasteiger partial charge in [0.25, 0.3) is 0 Å². The molecule has 1 aromatic carbocycles. The van der Waals surface area contributed by atoms with Gasteiger partial charge in [-0.3, -0.25) is 4.79 Å². The van der Waals surface area contributed by atoms with Gasteiger partial charge in [0.1, 0.15) is 5.65 Å². The molecular weight excluding hydrogens is 424 g/mol. The average Bonchev–Trinajstić information content (AvgIpc) is 3.21. The molecule has 180 valence electrons. The molecule has 0 unspecified atom stereocenters. The number of pyridine rings is 1. The van der Waals surface area contributed by atoms with Crippen molar-refractivity contribution >= 4 is 11.6 Å². The molecule has 2 fully saturated rings. The van der Waals surface area contributed by atoms with Gasteiger partial charge >= 0.3 is 0 Å². The molecule has 1 amide bonds. The number of carbonyl (C=O) groups excluding carboxylic acids is 1. The zero-order valence-corrected chi connectivity index (χ0v) is 20.2. The average molecular weight is 461 g/mol. The van der Waals surface area contributed by atoms with Crippen LogP contribution in [0.25, 0.3) is 5.65 Å². The molecule has 0 aliphatic carbocycles. The number of fused-ring (bicyclic) bond motifs is 1. The fourth-order valence-electron chi connectivity index (χ4n) is 5.41. The number of benzene rings is 1. The summed E-state index contributed by atoms with van der Waals surface area (Å²) in [4.78, 5) is 22.6. The summed E-state index contributed by atoms with van der Waals surface area (Å²) in [7, 11) is 0. The number of amides is 1. The lowest BCUT2D eigenvalue weighted by atomic mass is 9.78. The van der Waals surface area contributed by atoms with Crippen molar-refractivity contribution in [2.24, 2.45) is 11.3 Å². The Morgan fingerprint density at radius 2 is 1.91 bits per heavy atom. The molecule has 0 saturated carbocycles. The highest BCUT2D eigenvalue weighted by atomic mass is 16.5. The molecule has 0 N–H and O–H groups in total. The summed E-state index contributed by atoms with van der Waals surface area (Å²) < 4.78 is 7.98. The summed E-state index contributed by atoms with van der Waals surface area (Å²) in [5.74, 6) is 0.623. The topological polar surface area (TPSA) is 50.1 Å². The van der Waals surface area contributed by atoms with Gasteiger partial charge in [0.15, 0.2) is 0 Å². The third-order valence-corrected chi connectivity index (χ3v) is 7.63. The first kappa shape index (κ1) is 23.1. The van der Waals surface area contributed by atoms with Crippen molar-refractivity contribution in [3.05, 3.63) is 72.2 Å². The third kappa shape index (κ3) is 5.34. The molecule has 34 heavy (non-hydrogen) atoms. The van der Waals surface area contributed by atoms with Gasteiger partial charge in [0.05, 0.1) is 13.2 Å². The Balaban J connectivity index is 1.16. The van der Waals surface area contributed by atoms with Crippen LogP contribution in [-0.4, -0.2) is 71.0 Å². The van der Waals surface area contributed by atoms with Gasteiger partial charge in [-0.25, -0.2) is 4.98 Å². The van der Waals surface area contributed by atoms with Crippen LogP contribution in [0.5, 0.6) is 0 Å². The minimum Gasteiger partial charge on any atom is -0.379 e. The van der Waals surface area contributed by atoms with Gasteiger partial charge in [-0.15, -0.1) is 0 Å². The summed E-state index contributed by atoms with van der Waals surface area (Å²) in [6.45, 7) is 8.03. The lowest BCUT2D eigenvalue weighted by Gasteiger charge is -2.41. The van der Waals surface area contributed by atoms with Crippen LogP contribution in [0.2, 0.25) is 0 Å². The Bertz CT molecular complexity index is 1090. The Kier molecular flexibility index (Phi) is 6.97. The van der Waals surface area contributed by atoms with Crippen molar-refractivity contribution in [1.29, 1.82) is 0 Å². The molecule has 6 heteroatoms. The van der Waals surface area contributed by atoms with E-state index in [-0.39, 0.29) is 5.41 Å². The van der Waals surface area contributed by atoms with Crippen LogP contribution in [-0.2, 0) is 22.4 Å². The first-order valence-electron chi connectivity index (χ1n) is 12.6. The molecule has 0 radical (unpaired) electrons. The number of nitrogens with zero attached hydrogens (tertiary/aromatic N) is 4. The van der Waals surface area contributed by atoms with Crippen LogP contribution < -0.4 is 0 Å². The standard InChI is InChI=1S/C28H36N4O2/c1-28(10-14-30(15-11-28)13-9-23-5-3-2-4-6-23)27(33)32-17-18-34-22-25(21-32)19-24-7-8-26-29-12-16-31(26)20-24/h2-8,12,16,20,25H,9-11,13-15,17-19,21-22H2,1H3/t25-/m1/s1. The zero-order chi connectivity index (χ0) is 23.4. The number of likely N-dealkylation sites (tertiary alicyclic amines) is 1. The van der Waals surface area contributed by atoms with Crippen molar-refractivity contribution in [2.45, 2.75) is 32.6 Å². The normalized spacial score (nSPS) is 21.4. The number of ether oxygens (including phenoxy) is 1. The summed E-state index contributed by atoms with van der Waals surface area (Å²) in [5.41, 5.74) is 3.33. The van der Waals surface area contributed by atoms with Crippen molar-refractivity contribution in [2.75, 3.05) is 45.9 Å². The smallest absolute Gasteiger partial charge is 0.228 e. The third-order valence-electron chi connectivity index (χ3n) is 7.63. The fourth-order valence-corrected chi connectivity index (χ4v) is 5.41. The van der Waals surface area contributed by atoms with Crippen molar-refractivity contribution in [3.8, 4) is 0 Å². The molecule has 4 heterocycles. The van der Waals surface area contributed by atoms with Crippen LogP contribution >= 0.6 is 0 Å². The van der Waals surface area contributed by atoms with E-state index in [1.807, 2.05) is 12.4 Å². The van der Waals surface area contributed by atoms with Gasteiger partial charge in [0.2, 0.25) is 5.91 Å². The second-order valence-corrected chi connectivity index (χ2v) is 10.3. The number of rotatable bonds is 6. The van der Waals surface area contributed by atoms with Crippen molar-refractivity contribution in [3.63, 3.8) is 0 Å². The van der Waals surface area contributed by atoms with E-state index in [9.17, 15) is 4.79 Å². The van der Waals surface area contributed by atoms with E-state index in [1.54, 1.807) is 0 Å². The van der Waals surface area contributed by atoms with Gasteiger partial charge in [-0.1, -0.05) is 43.3 Å². The number of imidazole rings is 1. The SMILES string of the molecule is CC1(C(=O)N2CCOC[C@H](Cc3ccc4nccn4c3)C2)CCN(CCc2ccccc2)CC1. The van der Waals surface area contributed by atoms with E-state index in [1.165, 1.54) is 11.1 Å². The van der Waals surface area contributed by atoms with Crippen molar-refractivity contribution < 1.29 is 9.53 Å². The molecule has 6 nitrogen and oxygen atoms in total. The molecule has 2 aliphatic heterocycles. The predicted octanol–water partition coefficient (Wildman–Crippen LogP) is 3.70. The first-order valence-corrected chi connectivity index (χ1v) is 12.6. The largest absolute Gasteiger partial charge is 0.379 e. The molecule has 3 aromatic rings. The second kappa shape index (κ2) is 10.3. The monoisotopic (exact) mass is 460 g/mol. The number of hydrogen-bond donors (Lipinski definition) is 0. The van der Waals surface area contributed by atoms with E-state index in [2.05, 4.69) is 74.8 Å². The molecule has 2 aromatic heterocycles. The predicted molar refractivity (Wildman–Crippen MR) is 134 cm³/mol. The first-order chi connectivity index (χ1) is 16.6. The molecule has 2 saturated heterocycles. The highest BCUT2D eigenvalue weighted by molar-refractivity contribution is 5.82. The van der Waals surface area contributed by atoms with Gasteiger partial charge in [-0.05, 0) is 56.0 Å². The maximum atomic E-state index is 13.7. The van der Waals surface area contributed by atoms with Gasteiger partial charge in [-0.2, -0.15) is 0 Å². The highest BCUT2D eigenvalue weighted by Gasteiger charge is 2.40. The number of piperidine rings is 1. The Hall–Kier alpha value is -2.70.